The van der Waals surface area contributed by atoms with Crippen molar-refractivity contribution in [1.29, 1.82) is 5.41 Å². The van der Waals surface area contributed by atoms with Crippen molar-refractivity contribution in [3.8, 4) is 0 Å². The Bertz CT molecular complexity index is 271. The molecule has 3 heteroatoms. The first-order valence-corrected chi connectivity index (χ1v) is 3.26. The molecule has 0 saturated carbocycles. The average Bonchev–Trinajstić information content (AvgIpc) is 2.03. The van der Waals surface area contributed by atoms with Crippen molar-refractivity contribution in [1.82, 2.24) is 5.32 Å². The number of nitrogens with one attached hydrogen (secondary N) is 2. The Morgan fingerprint density at radius 2 is 2.27 bits per heavy atom. The molecule has 58 valence electrons. The van der Waals surface area contributed by atoms with Crippen molar-refractivity contribution in [2.75, 3.05) is 7.05 Å². The van der Waals surface area contributed by atoms with Crippen LogP contribution in [0.15, 0.2) is 24.3 Å². The third-order valence-corrected chi connectivity index (χ3v) is 1.36. The van der Waals surface area contributed by atoms with Gasteiger partial charge in [-0.2, -0.15) is 0 Å². The lowest BCUT2D eigenvalue weighted by molar-refractivity contribution is 0.627. The summed E-state index contributed by atoms with van der Waals surface area (Å²) in [4.78, 5) is 0. The van der Waals surface area contributed by atoms with Crippen LogP contribution in [0.25, 0.3) is 0 Å². The quantitative estimate of drug-likeness (QED) is 0.462. The fourth-order valence-electron chi connectivity index (χ4n) is 0.788. The lowest BCUT2D eigenvalue weighted by Crippen LogP contribution is -2.17. The normalized spacial score (nSPS) is 9.27. The topological polar surface area (TPSA) is 35.9 Å². The Balaban J connectivity index is 2.96. The molecule has 0 saturated heterocycles. The fourth-order valence-corrected chi connectivity index (χ4v) is 0.788. The lowest BCUT2D eigenvalue weighted by atomic mass is 10.2. The van der Waals surface area contributed by atoms with E-state index in [1.165, 1.54) is 12.1 Å². The first kappa shape index (κ1) is 7.72. The average molecular weight is 152 g/mol. The highest BCUT2D eigenvalue weighted by atomic mass is 19.1. The van der Waals surface area contributed by atoms with Gasteiger partial charge in [0.1, 0.15) is 11.7 Å². The highest BCUT2D eigenvalue weighted by Gasteiger charge is 1.97. The molecular weight excluding hydrogens is 143 g/mol. The number of amidine groups is 1. The Morgan fingerprint density at radius 1 is 1.55 bits per heavy atom. The minimum Gasteiger partial charge on any atom is -0.373 e. The van der Waals surface area contributed by atoms with Crippen molar-refractivity contribution < 1.29 is 4.39 Å². The number of rotatable bonds is 1. The maximum Gasteiger partial charge on any atom is 0.125 e. The molecule has 0 bridgehead atoms. The van der Waals surface area contributed by atoms with Gasteiger partial charge in [-0.25, -0.2) is 4.39 Å². The van der Waals surface area contributed by atoms with Crippen LogP contribution in [-0.2, 0) is 0 Å². The molecule has 0 atom stereocenters. The molecule has 0 heterocycles. The molecule has 0 radical (unpaired) electrons. The minimum atomic E-state index is -0.317. The summed E-state index contributed by atoms with van der Waals surface area (Å²) in [6, 6.07) is 5.93. The van der Waals surface area contributed by atoms with Crippen LogP contribution in [0.4, 0.5) is 4.39 Å². The van der Waals surface area contributed by atoms with Crippen LogP contribution in [0, 0.1) is 11.2 Å². The molecule has 0 aliphatic heterocycles. The van der Waals surface area contributed by atoms with Gasteiger partial charge < -0.3 is 5.32 Å². The second-order valence-electron chi connectivity index (χ2n) is 2.14. The molecule has 0 spiro atoms. The Kier molecular flexibility index (Phi) is 2.21. The van der Waals surface area contributed by atoms with E-state index in [2.05, 4.69) is 5.32 Å². The molecule has 0 aromatic heterocycles. The van der Waals surface area contributed by atoms with E-state index < -0.39 is 0 Å². The summed E-state index contributed by atoms with van der Waals surface area (Å²) >= 11 is 0. The summed E-state index contributed by atoms with van der Waals surface area (Å²) in [7, 11) is 1.63. The van der Waals surface area contributed by atoms with E-state index >= 15 is 0 Å². The second kappa shape index (κ2) is 3.14. The van der Waals surface area contributed by atoms with E-state index in [1.807, 2.05) is 0 Å². The van der Waals surface area contributed by atoms with E-state index in [9.17, 15) is 4.39 Å². The number of hydrogen-bond donors (Lipinski definition) is 2. The highest BCUT2D eigenvalue weighted by molar-refractivity contribution is 5.96. The fraction of sp³-hybridized carbons (Fsp3) is 0.125. The van der Waals surface area contributed by atoms with Gasteiger partial charge in [-0.1, -0.05) is 12.1 Å². The molecule has 1 aromatic carbocycles. The van der Waals surface area contributed by atoms with Crippen molar-refractivity contribution in [3.05, 3.63) is 35.6 Å². The molecule has 1 rings (SSSR count). The molecule has 0 fully saturated rings. The van der Waals surface area contributed by atoms with E-state index in [0.717, 1.165) is 0 Å². The van der Waals surface area contributed by atoms with Crippen LogP contribution < -0.4 is 5.32 Å². The van der Waals surface area contributed by atoms with Crippen LogP contribution in [0.2, 0.25) is 0 Å². The van der Waals surface area contributed by atoms with Gasteiger partial charge >= 0.3 is 0 Å². The molecule has 1 aromatic rings. The van der Waals surface area contributed by atoms with Crippen LogP contribution in [0.5, 0.6) is 0 Å². The van der Waals surface area contributed by atoms with Crippen LogP contribution in [-0.4, -0.2) is 12.9 Å². The zero-order valence-electron chi connectivity index (χ0n) is 6.19. The van der Waals surface area contributed by atoms with E-state index in [1.54, 1.807) is 19.2 Å². The van der Waals surface area contributed by atoms with Crippen LogP contribution in [0.1, 0.15) is 5.56 Å². The third kappa shape index (κ3) is 1.77. The molecule has 0 amide bonds. The Hall–Kier alpha value is -1.38. The Labute approximate surface area is 64.6 Å². The predicted molar refractivity (Wildman–Crippen MR) is 42.3 cm³/mol. The molecule has 0 aliphatic rings. The molecule has 11 heavy (non-hydrogen) atoms. The monoisotopic (exact) mass is 152 g/mol. The van der Waals surface area contributed by atoms with Crippen molar-refractivity contribution in [2.45, 2.75) is 0 Å². The summed E-state index contributed by atoms with van der Waals surface area (Å²) in [6.45, 7) is 0. The van der Waals surface area contributed by atoms with Gasteiger partial charge in [0.2, 0.25) is 0 Å². The van der Waals surface area contributed by atoms with Gasteiger partial charge in [-0.05, 0) is 12.1 Å². The second-order valence-corrected chi connectivity index (χ2v) is 2.14. The van der Waals surface area contributed by atoms with Crippen molar-refractivity contribution >= 4 is 5.84 Å². The third-order valence-electron chi connectivity index (χ3n) is 1.36. The maximum absolute atomic E-state index is 12.5. The lowest BCUT2D eigenvalue weighted by Gasteiger charge is -2.01. The summed E-state index contributed by atoms with van der Waals surface area (Å²) in [5.74, 6) is -0.0907. The summed E-state index contributed by atoms with van der Waals surface area (Å²) in [5, 5.41) is 9.92. The Morgan fingerprint density at radius 3 is 2.82 bits per heavy atom. The van der Waals surface area contributed by atoms with Gasteiger partial charge in [0, 0.05) is 12.6 Å². The van der Waals surface area contributed by atoms with Crippen LogP contribution in [0.3, 0.4) is 0 Å². The molecule has 2 N–H and O–H groups in total. The molecule has 0 unspecified atom stereocenters. The SMILES string of the molecule is CNC(=N)c1cccc(F)c1. The molecule has 2 nitrogen and oxygen atoms in total. The van der Waals surface area contributed by atoms with E-state index in [-0.39, 0.29) is 11.7 Å². The van der Waals surface area contributed by atoms with Gasteiger partial charge in [-0.3, -0.25) is 5.41 Å². The zero-order chi connectivity index (χ0) is 8.27. The van der Waals surface area contributed by atoms with Gasteiger partial charge in [0.25, 0.3) is 0 Å². The van der Waals surface area contributed by atoms with Crippen molar-refractivity contribution in [2.24, 2.45) is 0 Å². The standard InChI is InChI=1S/C8H9FN2/c1-11-8(10)6-3-2-4-7(9)5-6/h2-5H,1H3,(H2,10,11). The van der Waals surface area contributed by atoms with E-state index in [0.29, 0.717) is 5.56 Å². The number of hydrogen-bond acceptors (Lipinski definition) is 1. The first-order valence-electron chi connectivity index (χ1n) is 3.26. The first-order chi connectivity index (χ1) is 5.24. The maximum atomic E-state index is 12.5. The summed E-state index contributed by atoms with van der Waals surface area (Å²) in [5.41, 5.74) is 0.563. The largest absolute Gasteiger partial charge is 0.373 e. The van der Waals surface area contributed by atoms with Gasteiger partial charge in [0.15, 0.2) is 0 Å². The van der Waals surface area contributed by atoms with Crippen LogP contribution >= 0.6 is 0 Å². The number of benzene rings is 1. The summed E-state index contributed by atoms with van der Waals surface area (Å²) in [6.07, 6.45) is 0. The minimum absolute atomic E-state index is 0.226. The summed E-state index contributed by atoms with van der Waals surface area (Å²) < 4.78 is 12.5. The van der Waals surface area contributed by atoms with Crippen molar-refractivity contribution in [3.63, 3.8) is 0 Å². The van der Waals surface area contributed by atoms with Gasteiger partial charge in [-0.15, -0.1) is 0 Å². The predicted octanol–water partition coefficient (Wildman–Crippen LogP) is 1.37. The zero-order valence-corrected chi connectivity index (χ0v) is 6.19. The number of halogens is 1. The smallest absolute Gasteiger partial charge is 0.125 e. The molecule has 0 aliphatic carbocycles. The highest BCUT2D eigenvalue weighted by Crippen LogP contribution is 2.02. The van der Waals surface area contributed by atoms with E-state index in [4.69, 9.17) is 5.41 Å². The van der Waals surface area contributed by atoms with Gasteiger partial charge in [0.05, 0.1) is 0 Å². The molecular formula is C8H9FN2.